The summed E-state index contributed by atoms with van der Waals surface area (Å²) in [6, 6.07) is 0. The van der Waals surface area contributed by atoms with Crippen molar-refractivity contribution in [2.45, 2.75) is 123 Å². The van der Waals surface area contributed by atoms with Gasteiger partial charge in [0.05, 0.1) is 32.0 Å². The van der Waals surface area contributed by atoms with Gasteiger partial charge in [-0.3, -0.25) is 0 Å². The summed E-state index contributed by atoms with van der Waals surface area (Å²) in [7, 11) is 0. The van der Waals surface area contributed by atoms with Gasteiger partial charge in [-0.1, -0.05) is 0 Å². The van der Waals surface area contributed by atoms with Crippen LogP contribution in [-0.2, 0) is 47.7 Å². The van der Waals surface area contributed by atoms with E-state index >= 15 is 0 Å². The van der Waals surface area contributed by atoms with Gasteiger partial charge in [0.25, 0.3) is 0 Å². The Bertz CT molecular complexity index is 1040. The van der Waals surface area contributed by atoms with E-state index in [0.29, 0.717) is 0 Å². The molecule has 0 aromatic rings. The molecule has 24 heteroatoms. The predicted molar refractivity (Wildman–Crippen MR) is 184 cm³/mol. The van der Waals surface area contributed by atoms with Gasteiger partial charge in [0.15, 0.2) is 31.3 Å². The molecule has 4 rings (SSSR count). The van der Waals surface area contributed by atoms with Gasteiger partial charge in [-0.05, 0) is 0 Å². The summed E-state index contributed by atoms with van der Waals surface area (Å²) in [4.78, 5) is 11.0. The minimum atomic E-state index is -1.80. The van der Waals surface area contributed by atoms with Crippen LogP contribution in [-0.4, -0.2) is 223 Å². The standard InChI is InChI=1S/C28H50O20S4/c29-5-9-22(46-26-18(35)15(32)13(30)11(7-51)44-26)21(38)24(28(42-9)40-2-4-50)48-41-6-10-23(17(34)20(37)25(43-10)39-1-3-49)47-27-19(36)16(33)14(31)12(8-52)45-27/h9-38,49-52H,1-8H2/t9?,10?,11?,12?,13-,14+,15?,16?,17?,18?,19?,20?,21?,22+,23+,24?,25+,26-,27-,28+/m0/s1. The van der Waals surface area contributed by atoms with E-state index in [1.54, 1.807) is 0 Å². The smallest absolute Gasteiger partial charge is 0.190 e. The normalized spacial score (nSPS) is 47.4. The lowest BCUT2D eigenvalue weighted by atomic mass is 9.97. The quantitative estimate of drug-likeness (QED) is 0.0369. The Kier molecular flexibility index (Phi) is 18.6. The van der Waals surface area contributed by atoms with E-state index in [4.69, 9.17) is 47.7 Å². The van der Waals surface area contributed by atoms with Crippen LogP contribution in [0, 0.1) is 0 Å². The van der Waals surface area contributed by atoms with Gasteiger partial charge in [-0.25, -0.2) is 9.78 Å². The zero-order chi connectivity index (χ0) is 38.3. The number of thiol groups is 4. The number of ether oxygens (including phenoxy) is 8. The molecule has 0 spiro atoms. The zero-order valence-electron chi connectivity index (χ0n) is 27.5. The Morgan fingerprint density at radius 2 is 0.885 bits per heavy atom. The summed E-state index contributed by atoms with van der Waals surface area (Å²) in [5.41, 5.74) is 0. The second kappa shape index (κ2) is 21.4. The molecular weight excluding hydrogens is 785 g/mol. The molecule has 4 saturated heterocycles. The highest BCUT2D eigenvalue weighted by Crippen LogP contribution is 2.33. The molecular formula is C28H50O20S4. The summed E-state index contributed by atoms with van der Waals surface area (Å²) in [5, 5.41) is 106. The molecule has 306 valence electrons. The summed E-state index contributed by atoms with van der Waals surface area (Å²) in [6.07, 6.45) is -30.8. The second-order valence-corrected chi connectivity index (χ2v) is 14.0. The predicted octanol–water partition coefficient (Wildman–Crippen LogP) is -6.03. The minimum Gasteiger partial charge on any atom is -0.394 e. The first-order valence-electron chi connectivity index (χ1n) is 16.4. The molecule has 0 saturated carbocycles. The highest BCUT2D eigenvalue weighted by atomic mass is 32.1. The van der Waals surface area contributed by atoms with Crippen molar-refractivity contribution in [3.05, 3.63) is 0 Å². The van der Waals surface area contributed by atoms with Crippen LogP contribution in [0.4, 0.5) is 0 Å². The van der Waals surface area contributed by atoms with E-state index in [1.165, 1.54) is 0 Å². The van der Waals surface area contributed by atoms with Crippen LogP contribution in [0.2, 0.25) is 0 Å². The third-order valence-electron chi connectivity index (χ3n) is 8.88. The maximum Gasteiger partial charge on any atom is 0.190 e. The lowest BCUT2D eigenvalue weighted by Crippen LogP contribution is -2.65. The van der Waals surface area contributed by atoms with Crippen molar-refractivity contribution in [1.29, 1.82) is 0 Å². The Hall–Kier alpha value is 0.600. The maximum absolute atomic E-state index is 11.5. The minimum absolute atomic E-state index is 0.00136. The molecule has 0 aromatic heterocycles. The van der Waals surface area contributed by atoms with E-state index in [9.17, 15) is 51.1 Å². The number of rotatable bonds is 17. The fourth-order valence-electron chi connectivity index (χ4n) is 5.98. The number of aliphatic hydroxyl groups is 10. The van der Waals surface area contributed by atoms with Crippen LogP contribution >= 0.6 is 50.5 Å². The third-order valence-corrected chi connectivity index (χ3v) is 9.96. The van der Waals surface area contributed by atoms with E-state index in [-0.39, 0.29) is 36.2 Å². The van der Waals surface area contributed by atoms with Crippen LogP contribution in [0.3, 0.4) is 0 Å². The van der Waals surface area contributed by atoms with Crippen molar-refractivity contribution in [3.63, 3.8) is 0 Å². The van der Waals surface area contributed by atoms with Gasteiger partial charge in [0.2, 0.25) is 0 Å². The molecule has 4 fully saturated rings. The van der Waals surface area contributed by atoms with Gasteiger partial charge in [-0.15, -0.1) is 0 Å². The van der Waals surface area contributed by atoms with Crippen LogP contribution in [0.25, 0.3) is 0 Å². The van der Waals surface area contributed by atoms with Crippen LogP contribution in [0.15, 0.2) is 0 Å². The topological polar surface area (TPSA) is 295 Å². The van der Waals surface area contributed by atoms with Gasteiger partial charge in [0, 0.05) is 23.0 Å². The molecule has 10 N–H and O–H groups in total. The lowest BCUT2D eigenvalue weighted by molar-refractivity contribution is -0.430. The summed E-state index contributed by atoms with van der Waals surface area (Å²) in [6.45, 7) is -1.37. The summed E-state index contributed by atoms with van der Waals surface area (Å²) < 4.78 is 45.4. The largest absolute Gasteiger partial charge is 0.394 e. The SMILES string of the molecule is OCC1O[C@@H](OCCS)C(OOCC2O[C@@H](OCCS)C(O)C(O)[C@@H]2O[C@@H]2OC(CS)[C@@H](O)C(O)C2O)C(O)[C@@H]1O[C@@H]1OC(CS)[C@H](O)C(O)C1O. The Morgan fingerprint density at radius 3 is 1.37 bits per heavy atom. The van der Waals surface area contributed by atoms with Gasteiger partial charge >= 0.3 is 0 Å². The van der Waals surface area contributed by atoms with Crippen molar-refractivity contribution < 1.29 is 98.7 Å². The molecule has 0 aromatic carbocycles. The number of aliphatic hydroxyl groups excluding tert-OH is 10. The van der Waals surface area contributed by atoms with Gasteiger partial charge in [-0.2, -0.15) is 50.5 Å². The maximum atomic E-state index is 11.5. The van der Waals surface area contributed by atoms with E-state index in [1.807, 2.05) is 0 Å². The van der Waals surface area contributed by atoms with Crippen molar-refractivity contribution in [3.8, 4) is 0 Å². The monoisotopic (exact) mass is 834 g/mol. The molecule has 12 unspecified atom stereocenters. The molecule has 52 heavy (non-hydrogen) atoms. The fraction of sp³-hybridized carbons (Fsp3) is 1.00. The Morgan fingerprint density at radius 1 is 0.442 bits per heavy atom. The summed E-state index contributed by atoms with van der Waals surface area (Å²) in [5.74, 6) is 0.286. The highest BCUT2D eigenvalue weighted by Gasteiger charge is 2.54. The van der Waals surface area contributed by atoms with Crippen molar-refractivity contribution in [1.82, 2.24) is 0 Å². The van der Waals surface area contributed by atoms with Crippen molar-refractivity contribution in [2.75, 3.05) is 49.4 Å². The van der Waals surface area contributed by atoms with Crippen LogP contribution < -0.4 is 0 Å². The van der Waals surface area contributed by atoms with E-state index in [0.717, 1.165) is 0 Å². The molecule has 0 amide bonds. The number of hydrogen-bond donors (Lipinski definition) is 14. The molecule has 4 heterocycles. The first-order valence-corrected chi connectivity index (χ1v) is 19.0. The molecule has 0 aliphatic carbocycles. The Labute approximate surface area is 320 Å². The third kappa shape index (κ3) is 10.6. The molecule has 0 bridgehead atoms. The molecule has 0 radical (unpaired) electrons. The molecule has 20 nitrogen and oxygen atoms in total. The Balaban J connectivity index is 1.51. The molecule has 4 aliphatic heterocycles. The highest BCUT2D eigenvalue weighted by molar-refractivity contribution is 7.80. The summed E-state index contributed by atoms with van der Waals surface area (Å²) >= 11 is 16.3. The van der Waals surface area contributed by atoms with Crippen molar-refractivity contribution >= 4 is 50.5 Å². The second-order valence-electron chi connectivity index (χ2n) is 12.4. The first kappa shape index (κ1) is 45.3. The van der Waals surface area contributed by atoms with E-state index in [2.05, 4.69) is 50.5 Å². The van der Waals surface area contributed by atoms with Gasteiger partial charge in [0.1, 0.15) is 86.0 Å². The fourth-order valence-corrected chi connectivity index (χ4v) is 6.80. The average Bonchev–Trinajstić information content (AvgIpc) is 3.14. The lowest BCUT2D eigenvalue weighted by Gasteiger charge is -2.47. The molecule has 20 atom stereocenters. The average molecular weight is 835 g/mol. The van der Waals surface area contributed by atoms with E-state index < -0.39 is 136 Å². The zero-order valence-corrected chi connectivity index (χ0v) is 31.1. The van der Waals surface area contributed by atoms with Crippen LogP contribution in [0.1, 0.15) is 0 Å². The van der Waals surface area contributed by atoms with Crippen LogP contribution in [0.5, 0.6) is 0 Å². The first-order chi connectivity index (χ1) is 24.8. The van der Waals surface area contributed by atoms with Gasteiger partial charge < -0.3 is 89.0 Å². The number of hydrogen-bond acceptors (Lipinski definition) is 24. The molecule has 4 aliphatic rings. The van der Waals surface area contributed by atoms with Crippen molar-refractivity contribution in [2.24, 2.45) is 0 Å².